The largest absolute Gasteiger partial charge is 0.397 e. The molecule has 2 atom stereocenters. The van der Waals surface area contributed by atoms with Crippen LogP contribution in [0.1, 0.15) is 17.2 Å². The fourth-order valence-electron chi connectivity index (χ4n) is 2.22. The van der Waals surface area contributed by atoms with Crippen molar-refractivity contribution in [2.75, 3.05) is 11.5 Å². The number of hydrogen-bond acceptors (Lipinski definition) is 3. The van der Waals surface area contributed by atoms with Gasteiger partial charge in [-0.25, -0.2) is 0 Å². The fraction of sp³-hybridized carbons (Fsp3) is 0.462. The molecule has 0 saturated carbocycles. The second-order valence-corrected chi connectivity index (χ2v) is 5.61. The van der Waals surface area contributed by atoms with E-state index in [1.807, 2.05) is 12.1 Å². The molecule has 0 aromatic heterocycles. The summed E-state index contributed by atoms with van der Waals surface area (Å²) in [5, 5.41) is 12.5. The fourth-order valence-corrected chi connectivity index (χ4v) is 2.82. The van der Waals surface area contributed by atoms with Gasteiger partial charge in [-0.1, -0.05) is 24.3 Å². The topological polar surface area (TPSA) is 49.3 Å². The monoisotopic (exact) mass is 305 g/mol. The number of thioether (sulfide) groups is 1. The third kappa shape index (κ3) is 3.89. The molecule has 1 aliphatic rings. The molecule has 20 heavy (non-hydrogen) atoms. The first kappa shape index (κ1) is 15.2. The quantitative estimate of drug-likeness (QED) is 0.895. The van der Waals surface area contributed by atoms with Crippen LogP contribution in [0.25, 0.3) is 0 Å². The lowest BCUT2D eigenvalue weighted by atomic mass is 10.1. The van der Waals surface area contributed by atoms with E-state index in [0.29, 0.717) is 18.2 Å². The lowest BCUT2D eigenvalue weighted by Gasteiger charge is -2.18. The summed E-state index contributed by atoms with van der Waals surface area (Å²) in [4.78, 5) is 11.6. The summed E-state index contributed by atoms with van der Waals surface area (Å²) in [7, 11) is 0. The van der Waals surface area contributed by atoms with Gasteiger partial charge < -0.3 is 10.4 Å². The standard InChI is InChI=1S/C13H14F3NO2S/c14-13(15,16)7-20-6-11(19)17-12-9-4-2-1-3-8(9)5-10(12)18/h1-4,10,12,18H,5-7H2,(H,17,19)/t10-,12+/m0/s1. The number of hydrogen-bond donors (Lipinski definition) is 2. The smallest absolute Gasteiger partial charge is 0.390 e. The van der Waals surface area contributed by atoms with Gasteiger partial charge in [0.2, 0.25) is 5.91 Å². The zero-order chi connectivity index (χ0) is 14.8. The van der Waals surface area contributed by atoms with Crippen molar-refractivity contribution in [1.82, 2.24) is 5.32 Å². The highest BCUT2D eigenvalue weighted by molar-refractivity contribution is 8.00. The highest BCUT2D eigenvalue weighted by atomic mass is 32.2. The number of halogens is 3. The maximum atomic E-state index is 12.0. The molecule has 2 rings (SSSR count). The molecule has 0 spiro atoms. The predicted octanol–water partition coefficient (Wildman–Crippen LogP) is 2.06. The van der Waals surface area contributed by atoms with E-state index in [1.165, 1.54) is 0 Å². The van der Waals surface area contributed by atoms with E-state index in [4.69, 9.17) is 0 Å². The second kappa shape index (κ2) is 6.05. The molecule has 1 aromatic rings. The van der Waals surface area contributed by atoms with Crippen molar-refractivity contribution in [2.24, 2.45) is 0 Å². The number of benzene rings is 1. The number of carbonyl (C=O) groups is 1. The molecule has 0 fully saturated rings. The zero-order valence-corrected chi connectivity index (χ0v) is 11.3. The van der Waals surface area contributed by atoms with Crippen molar-refractivity contribution >= 4 is 17.7 Å². The van der Waals surface area contributed by atoms with Crippen LogP contribution in [0.3, 0.4) is 0 Å². The Kier molecular flexibility index (Phi) is 4.59. The van der Waals surface area contributed by atoms with Gasteiger partial charge in [0.1, 0.15) is 0 Å². The number of fused-ring (bicyclic) bond motifs is 1. The van der Waals surface area contributed by atoms with Gasteiger partial charge in [0.05, 0.1) is 23.7 Å². The number of amides is 1. The summed E-state index contributed by atoms with van der Waals surface area (Å²) in [6.45, 7) is 0. The summed E-state index contributed by atoms with van der Waals surface area (Å²) in [6, 6.07) is 6.77. The summed E-state index contributed by atoms with van der Waals surface area (Å²) < 4.78 is 35.9. The van der Waals surface area contributed by atoms with Gasteiger partial charge in [-0.15, -0.1) is 11.8 Å². The van der Waals surface area contributed by atoms with Gasteiger partial charge in [-0.2, -0.15) is 13.2 Å². The first-order valence-corrected chi connectivity index (χ1v) is 7.22. The van der Waals surface area contributed by atoms with Gasteiger partial charge in [0.15, 0.2) is 0 Å². The maximum Gasteiger partial charge on any atom is 0.397 e. The third-order valence-electron chi connectivity index (χ3n) is 3.02. The summed E-state index contributed by atoms with van der Waals surface area (Å²) in [5.41, 5.74) is 1.78. The lowest BCUT2D eigenvalue weighted by Crippen LogP contribution is -2.35. The minimum absolute atomic E-state index is 0.273. The molecule has 7 heteroatoms. The maximum absolute atomic E-state index is 12.0. The van der Waals surface area contributed by atoms with Crippen LogP contribution in [0.5, 0.6) is 0 Å². The van der Waals surface area contributed by atoms with E-state index in [9.17, 15) is 23.1 Å². The molecule has 0 heterocycles. The van der Waals surface area contributed by atoms with Crippen molar-refractivity contribution in [3.8, 4) is 0 Å². The van der Waals surface area contributed by atoms with E-state index >= 15 is 0 Å². The molecule has 110 valence electrons. The molecule has 0 aliphatic heterocycles. The summed E-state index contributed by atoms with van der Waals surface area (Å²) in [5.74, 6) is -1.82. The SMILES string of the molecule is O=C(CSCC(F)(F)F)N[C@@H]1c2ccccc2C[C@@H]1O. The first-order chi connectivity index (χ1) is 9.37. The van der Waals surface area contributed by atoms with E-state index < -0.39 is 30.0 Å². The predicted molar refractivity (Wildman–Crippen MR) is 70.4 cm³/mol. The molecule has 2 N–H and O–H groups in total. The Balaban J connectivity index is 1.89. The molecule has 0 bridgehead atoms. The number of nitrogens with one attached hydrogen (secondary N) is 1. The average Bonchev–Trinajstić information content (AvgIpc) is 2.64. The van der Waals surface area contributed by atoms with Crippen LogP contribution >= 0.6 is 11.8 Å². The Hall–Kier alpha value is -1.21. The zero-order valence-electron chi connectivity index (χ0n) is 10.5. The molecule has 3 nitrogen and oxygen atoms in total. The Bertz CT molecular complexity index is 493. The van der Waals surface area contributed by atoms with Crippen LogP contribution in [0, 0.1) is 0 Å². The minimum atomic E-state index is -4.27. The lowest BCUT2D eigenvalue weighted by molar-refractivity contribution is -0.120. The molecule has 0 radical (unpaired) electrons. The van der Waals surface area contributed by atoms with Crippen LogP contribution in [0.15, 0.2) is 24.3 Å². The van der Waals surface area contributed by atoms with E-state index in [1.54, 1.807) is 12.1 Å². The van der Waals surface area contributed by atoms with Gasteiger partial charge in [-0.05, 0) is 11.1 Å². The molecular formula is C13H14F3NO2S. The van der Waals surface area contributed by atoms with E-state index in [2.05, 4.69) is 5.32 Å². The second-order valence-electron chi connectivity index (χ2n) is 4.62. The third-order valence-corrected chi connectivity index (χ3v) is 4.02. The Labute approximate surface area is 118 Å². The molecule has 1 amide bonds. The normalized spacial score (nSPS) is 21.6. The van der Waals surface area contributed by atoms with Crippen molar-refractivity contribution in [3.63, 3.8) is 0 Å². The van der Waals surface area contributed by atoms with Gasteiger partial charge in [0, 0.05) is 6.42 Å². The van der Waals surface area contributed by atoms with Gasteiger partial charge in [-0.3, -0.25) is 4.79 Å². The minimum Gasteiger partial charge on any atom is -0.390 e. The van der Waals surface area contributed by atoms with E-state index in [0.717, 1.165) is 11.1 Å². The highest BCUT2D eigenvalue weighted by Crippen LogP contribution is 2.31. The molecular weight excluding hydrogens is 291 g/mol. The van der Waals surface area contributed by atoms with Gasteiger partial charge in [0.25, 0.3) is 0 Å². The van der Waals surface area contributed by atoms with Crippen molar-refractivity contribution < 1.29 is 23.1 Å². The van der Waals surface area contributed by atoms with Crippen molar-refractivity contribution in [3.05, 3.63) is 35.4 Å². The molecule has 1 aromatic carbocycles. The van der Waals surface area contributed by atoms with Crippen molar-refractivity contribution in [1.29, 1.82) is 0 Å². The van der Waals surface area contributed by atoms with E-state index in [-0.39, 0.29) is 5.75 Å². The summed E-state index contributed by atoms with van der Waals surface area (Å²) >= 11 is 0.516. The first-order valence-electron chi connectivity index (χ1n) is 6.06. The number of carbonyl (C=O) groups excluding carboxylic acids is 1. The van der Waals surface area contributed by atoms with Crippen LogP contribution < -0.4 is 5.32 Å². The van der Waals surface area contributed by atoms with Crippen LogP contribution in [-0.2, 0) is 11.2 Å². The molecule has 1 aliphatic carbocycles. The number of rotatable bonds is 4. The van der Waals surface area contributed by atoms with Crippen LogP contribution in [0.4, 0.5) is 13.2 Å². The molecule has 0 saturated heterocycles. The van der Waals surface area contributed by atoms with Gasteiger partial charge >= 0.3 is 6.18 Å². The van der Waals surface area contributed by atoms with Crippen LogP contribution in [-0.4, -0.2) is 34.8 Å². The molecule has 0 unspecified atom stereocenters. The Morgan fingerprint density at radius 2 is 2.10 bits per heavy atom. The van der Waals surface area contributed by atoms with Crippen molar-refractivity contribution in [2.45, 2.75) is 24.7 Å². The van der Waals surface area contributed by atoms with Crippen LogP contribution in [0.2, 0.25) is 0 Å². The number of aliphatic hydroxyl groups excluding tert-OH is 1. The average molecular weight is 305 g/mol. The summed E-state index contributed by atoms with van der Waals surface area (Å²) in [6.07, 6.45) is -4.56. The Morgan fingerprint density at radius 1 is 1.40 bits per heavy atom. The Morgan fingerprint density at radius 3 is 2.80 bits per heavy atom. The number of aliphatic hydroxyl groups is 1. The number of alkyl halides is 3. The highest BCUT2D eigenvalue weighted by Gasteiger charge is 2.32.